The zero-order chi connectivity index (χ0) is 44.1. The quantitative estimate of drug-likeness (QED) is 0.200. The summed E-state index contributed by atoms with van der Waals surface area (Å²) in [6, 6.07) is 5.07. The number of carbonyl (C=O) groups excluding carboxylic acids is 3. The maximum Gasteiger partial charge on any atom is 0.316 e. The number of nitrogens with zero attached hydrogens (tertiary/aromatic N) is 5. The number of aliphatic hydroxyl groups excluding tert-OH is 1. The van der Waals surface area contributed by atoms with Crippen molar-refractivity contribution in [1.82, 2.24) is 15.0 Å². The second-order valence-electron chi connectivity index (χ2n) is 17.6. The van der Waals surface area contributed by atoms with Crippen molar-refractivity contribution in [3.8, 4) is 11.3 Å². The average Bonchev–Trinajstić information content (AvgIpc) is 3.74. The van der Waals surface area contributed by atoms with E-state index < -0.39 is 83.1 Å². The van der Waals surface area contributed by atoms with Gasteiger partial charge in [0, 0.05) is 48.3 Å². The van der Waals surface area contributed by atoms with E-state index in [9.17, 15) is 24.6 Å². The van der Waals surface area contributed by atoms with Gasteiger partial charge in [0.15, 0.2) is 24.4 Å². The van der Waals surface area contributed by atoms with E-state index in [-0.39, 0.29) is 44.6 Å². The molecule has 3 aliphatic rings. The predicted octanol–water partition coefficient (Wildman–Crippen LogP) is 5.18. The molecule has 332 valence electrons. The normalized spacial score (nSPS) is 37.6. The van der Waals surface area contributed by atoms with Crippen LogP contribution in [-0.2, 0) is 44.8 Å². The first kappa shape index (κ1) is 47.1. The molecule has 3 fully saturated rings. The largest absolute Gasteiger partial charge is 0.459 e. The van der Waals surface area contributed by atoms with Crippen molar-refractivity contribution in [1.29, 1.82) is 0 Å². The number of oxime groups is 1. The lowest BCUT2D eigenvalue weighted by molar-refractivity contribution is -0.296. The van der Waals surface area contributed by atoms with Gasteiger partial charge in [-0.25, -0.2) is 4.99 Å². The summed E-state index contributed by atoms with van der Waals surface area (Å²) in [4.78, 5) is 58.2. The van der Waals surface area contributed by atoms with Crippen molar-refractivity contribution < 1.29 is 52.9 Å². The Morgan fingerprint density at radius 3 is 2.43 bits per heavy atom. The minimum Gasteiger partial charge on any atom is -0.459 e. The first-order chi connectivity index (χ1) is 28.3. The molecule has 1 amide bonds. The van der Waals surface area contributed by atoms with Crippen LogP contribution in [0.15, 0.2) is 45.3 Å². The summed E-state index contributed by atoms with van der Waals surface area (Å²) in [5, 5.41) is 32.5. The lowest BCUT2D eigenvalue weighted by Gasteiger charge is -2.47. The van der Waals surface area contributed by atoms with E-state index in [1.54, 1.807) is 45.3 Å². The second-order valence-corrected chi connectivity index (χ2v) is 17.6. The van der Waals surface area contributed by atoms with Crippen molar-refractivity contribution in [2.45, 2.75) is 149 Å². The number of fused-ring (bicyclic) bond motifs is 5. The molecule has 2 aromatic heterocycles. The van der Waals surface area contributed by atoms with E-state index in [0.717, 1.165) is 5.56 Å². The number of esters is 1. The Kier molecular flexibility index (Phi) is 15.6. The molecule has 0 spiro atoms. The van der Waals surface area contributed by atoms with Crippen molar-refractivity contribution in [2.75, 3.05) is 20.7 Å². The van der Waals surface area contributed by atoms with E-state index in [4.69, 9.17) is 28.3 Å². The van der Waals surface area contributed by atoms with Gasteiger partial charge in [0.25, 0.3) is 0 Å². The Morgan fingerprint density at radius 2 is 1.82 bits per heavy atom. The third-order valence-corrected chi connectivity index (χ3v) is 12.7. The van der Waals surface area contributed by atoms with Crippen LogP contribution >= 0.6 is 0 Å². The number of hydrogen-bond acceptors (Lipinski definition) is 15. The number of Topliss-reactive ketones (excluding diaryl/α,β-unsaturated/α-hetero) is 1. The summed E-state index contributed by atoms with van der Waals surface area (Å²) >= 11 is 0. The van der Waals surface area contributed by atoms with Crippen LogP contribution in [0.2, 0.25) is 0 Å². The van der Waals surface area contributed by atoms with E-state index in [1.165, 1.54) is 13.8 Å². The number of amides is 1. The number of likely N-dealkylation sites (N-methyl/N-ethyl adjacent to an activating group) is 1. The minimum atomic E-state index is -1.64. The van der Waals surface area contributed by atoms with Crippen LogP contribution in [0, 0.1) is 29.6 Å². The van der Waals surface area contributed by atoms with Gasteiger partial charge in [-0.1, -0.05) is 38.0 Å². The highest BCUT2D eigenvalue weighted by atomic mass is 16.7. The van der Waals surface area contributed by atoms with E-state index in [1.807, 2.05) is 52.8 Å². The molecule has 0 radical (unpaired) electrons. The van der Waals surface area contributed by atoms with Gasteiger partial charge in [-0.3, -0.25) is 19.4 Å². The number of ketones is 1. The average molecular weight is 840 g/mol. The molecule has 0 aromatic carbocycles. The molecule has 2 bridgehead atoms. The molecular formula is C44H65N5O11. The van der Waals surface area contributed by atoms with Gasteiger partial charge in [0.05, 0.1) is 42.0 Å². The van der Waals surface area contributed by atoms with Crippen molar-refractivity contribution >= 4 is 29.1 Å². The highest BCUT2D eigenvalue weighted by Crippen LogP contribution is 2.42. The summed E-state index contributed by atoms with van der Waals surface area (Å²) < 4.78 is 31.3. The van der Waals surface area contributed by atoms with Gasteiger partial charge in [-0.05, 0) is 97.9 Å². The maximum absolute atomic E-state index is 14.5. The van der Waals surface area contributed by atoms with Crippen LogP contribution in [0.5, 0.6) is 0 Å². The molecule has 3 saturated heterocycles. The highest BCUT2D eigenvalue weighted by Gasteiger charge is 2.52. The summed E-state index contributed by atoms with van der Waals surface area (Å²) in [7, 11) is 3.75. The molecule has 5 heterocycles. The molecule has 0 aliphatic carbocycles. The van der Waals surface area contributed by atoms with Gasteiger partial charge in [-0.15, -0.1) is 0 Å². The maximum atomic E-state index is 14.5. The topological polar surface area (TPSA) is 205 Å². The van der Waals surface area contributed by atoms with E-state index in [0.29, 0.717) is 35.7 Å². The summed E-state index contributed by atoms with van der Waals surface area (Å²) in [5.74, 6) is -4.90. The molecule has 0 saturated carbocycles. The molecule has 5 rings (SSSR count). The van der Waals surface area contributed by atoms with E-state index >= 15 is 0 Å². The highest BCUT2D eigenvalue weighted by molar-refractivity contribution is 6.00. The predicted molar refractivity (Wildman–Crippen MR) is 222 cm³/mol. The Hall–Kier alpha value is -3.93. The smallest absolute Gasteiger partial charge is 0.316 e. The Balaban J connectivity index is 1.63. The van der Waals surface area contributed by atoms with Crippen LogP contribution in [0.3, 0.4) is 0 Å². The van der Waals surface area contributed by atoms with Gasteiger partial charge in [0.2, 0.25) is 5.91 Å². The van der Waals surface area contributed by atoms with Crippen LogP contribution in [0.4, 0.5) is 0 Å². The molecule has 16 heteroatoms. The molecule has 60 heavy (non-hydrogen) atoms. The number of hydrogen-bond donors (Lipinski definition) is 2. The van der Waals surface area contributed by atoms with E-state index in [2.05, 4.69) is 20.3 Å². The molecule has 16 nitrogen and oxygen atoms in total. The van der Waals surface area contributed by atoms with Gasteiger partial charge < -0.3 is 43.4 Å². The van der Waals surface area contributed by atoms with Crippen LogP contribution in [0.1, 0.15) is 100 Å². The number of aromatic nitrogens is 2. The van der Waals surface area contributed by atoms with Crippen LogP contribution in [0.25, 0.3) is 11.3 Å². The molecule has 2 N–H and O–H groups in total. The fraction of sp³-hybridized carbons (Fsp3) is 0.705. The summed E-state index contributed by atoms with van der Waals surface area (Å²) in [6.07, 6.45) is 0.105. The zero-order valence-electron chi connectivity index (χ0n) is 37.0. The molecular weight excluding hydrogens is 775 g/mol. The third kappa shape index (κ3) is 10.7. The Labute approximate surface area is 353 Å². The fourth-order valence-electron chi connectivity index (χ4n) is 9.34. The number of rotatable bonds is 8. The minimum absolute atomic E-state index is 0.0343. The molecule has 3 aliphatic heterocycles. The number of pyridine rings is 1. The van der Waals surface area contributed by atoms with Crippen LogP contribution < -0.4 is 0 Å². The number of cyclic esters (lactones) is 1. The van der Waals surface area contributed by atoms with Gasteiger partial charge in [0.1, 0.15) is 23.7 Å². The Morgan fingerprint density at radius 1 is 1.08 bits per heavy atom. The number of ether oxygens (including phenoxy) is 4. The SMILES string of the molecule is CC[C@H]1OC(=O)[C@H](C)C(=O)[C@H](C)[C@@H](O[C@@H]2O[C@H](C)C[C@H](N(C)C)[C@H]2O)[C@@]2(C)C[C@@H](C)C(=NC(C)=O)[C@H](C)[C@@H](CC/C(=N\OCc3ccc(-c4ccno4)cn3)CO2)[C@]1(C)O. The standard InChI is InChI=1S/C44H65N5O11/c1-12-36-44(9,54)33-16-15-32(48-56-23-31-14-13-30(21-45-31)35-17-18-46-60-35)22-55-43(8,20-24(2)37(26(33)4)47-29(7)50)40(27(5)38(51)28(6)41(53)58-36)59-42-39(52)34(49(10)11)19-25(3)57-42/h13-14,17-18,21,24-28,33-34,36,39-40,42,52,54H,12,15-16,19-20,22-23H2,1-11H3/b47-37?,48-32+/t24-,25-,26-,27+,28-,33-,34+,36-,39-,40-,42+,43-,44+/m1/s1. The van der Waals surface area contributed by atoms with Crippen LogP contribution in [-0.4, -0.2) is 123 Å². The zero-order valence-corrected chi connectivity index (χ0v) is 37.0. The van der Waals surface area contributed by atoms with Crippen molar-refractivity contribution in [3.05, 3.63) is 36.3 Å². The number of carbonyl (C=O) groups is 3. The summed E-state index contributed by atoms with van der Waals surface area (Å²) in [6.45, 7) is 15.5. The molecule has 13 atom stereocenters. The Bertz CT molecular complexity index is 1830. The first-order valence-electron chi connectivity index (χ1n) is 21.2. The second kappa shape index (κ2) is 19.8. The molecule has 0 unspecified atom stereocenters. The summed E-state index contributed by atoms with van der Waals surface area (Å²) in [5.41, 5.74) is -0.616. The molecule has 2 aromatic rings. The first-order valence-corrected chi connectivity index (χ1v) is 21.2. The van der Waals surface area contributed by atoms with Crippen molar-refractivity contribution in [2.24, 2.45) is 39.7 Å². The lowest BCUT2D eigenvalue weighted by atomic mass is 9.68. The monoisotopic (exact) mass is 839 g/mol. The number of aliphatic imine (C=N–C) groups is 1. The third-order valence-electron chi connectivity index (χ3n) is 12.7. The van der Waals surface area contributed by atoms with Gasteiger partial charge in [-0.2, -0.15) is 0 Å². The fourth-order valence-corrected chi connectivity index (χ4v) is 9.34. The number of aliphatic hydroxyl groups is 2. The van der Waals surface area contributed by atoms with Gasteiger partial charge >= 0.3 is 5.97 Å². The van der Waals surface area contributed by atoms with Crippen molar-refractivity contribution in [3.63, 3.8) is 0 Å². The lowest BCUT2D eigenvalue weighted by Crippen LogP contribution is -2.59.